The molecule has 0 unspecified atom stereocenters. The highest BCUT2D eigenvalue weighted by atomic mass is 35.5. The van der Waals surface area contributed by atoms with Crippen molar-refractivity contribution in [1.29, 1.82) is 0 Å². The highest BCUT2D eigenvalue weighted by Gasteiger charge is 2.02. The minimum Gasteiger partial charge on any atom is -0.382 e. The smallest absolute Gasteiger partial charge is 0.253 e. The molecule has 18 heavy (non-hydrogen) atoms. The van der Waals surface area contributed by atoms with Gasteiger partial charge in [-0.15, -0.1) is 11.8 Å². The van der Waals surface area contributed by atoms with E-state index >= 15 is 0 Å². The Labute approximate surface area is 116 Å². The van der Waals surface area contributed by atoms with E-state index in [1.54, 1.807) is 7.11 Å². The molecule has 0 spiro atoms. The summed E-state index contributed by atoms with van der Waals surface area (Å²) in [6, 6.07) is 7.59. The van der Waals surface area contributed by atoms with E-state index in [0.717, 1.165) is 11.3 Å². The Kier molecular flexibility index (Phi) is 7.84. The lowest BCUT2D eigenvalue weighted by molar-refractivity contribution is -0.131. The molecule has 6 heteroatoms. The zero-order valence-electron chi connectivity index (χ0n) is 10.1. The number of thioether (sulfide) groups is 1. The number of ether oxygens (including phenoxy) is 1. The van der Waals surface area contributed by atoms with Crippen molar-refractivity contribution in [2.24, 2.45) is 0 Å². The molecule has 1 rings (SSSR count). The van der Waals surface area contributed by atoms with Crippen LogP contribution in [0.4, 0.5) is 0 Å². The van der Waals surface area contributed by atoms with Crippen LogP contribution in [0, 0.1) is 0 Å². The first-order valence-electron chi connectivity index (χ1n) is 5.44. The molecule has 0 saturated carbocycles. The van der Waals surface area contributed by atoms with Crippen molar-refractivity contribution in [2.75, 3.05) is 26.1 Å². The van der Waals surface area contributed by atoms with Crippen molar-refractivity contribution >= 4 is 29.3 Å². The summed E-state index contributed by atoms with van der Waals surface area (Å²) in [4.78, 5) is 16.2. The molecule has 0 radical (unpaired) electrons. The van der Waals surface area contributed by atoms with Crippen molar-refractivity contribution in [3.63, 3.8) is 0 Å². The van der Waals surface area contributed by atoms with Crippen LogP contribution in [0.5, 0.6) is 0 Å². The molecule has 0 aliphatic carbocycles. The normalized spacial score (nSPS) is 10.3. The molecule has 1 amide bonds. The van der Waals surface area contributed by atoms with Crippen molar-refractivity contribution in [3.05, 3.63) is 34.9 Å². The SMILES string of the molecule is COCCONC(=O)CSCc1cccc(Cl)c1. The lowest BCUT2D eigenvalue weighted by atomic mass is 10.2. The number of amides is 1. The molecule has 0 saturated heterocycles. The number of rotatable bonds is 8. The molecule has 0 fully saturated rings. The van der Waals surface area contributed by atoms with Gasteiger partial charge >= 0.3 is 0 Å². The van der Waals surface area contributed by atoms with E-state index in [1.165, 1.54) is 11.8 Å². The van der Waals surface area contributed by atoms with Crippen LogP contribution >= 0.6 is 23.4 Å². The Morgan fingerprint density at radius 2 is 2.28 bits per heavy atom. The quantitative estimate of drug-likeness (QED) is 0.589. The number of nitrogens with one attached hydrogen (secondary N) is 1. The summed E-state index contributed by atoms with van der Waals surface area (Å²) in [5, 5.41) is 0.709. The van der Waals surface area contributed by atoms with E-state index in [9.17, 15) is 4.79 Å². The molecule has 0 aromatic heterocycles. The lowest BCUT2D eigenvalue weighted by Gasteiger charge is -2.05. The van der Waals surface area contributed by atoms with Crippen molar-refractivity contribution in [1.82, 2.24) is 5.48 Å². The predicted octanol–water partition coefficient (Wildman–Crippen LogP) is 2.27. The molecule has 0 aliphatic heterocycles. The Balaban J connectivity index is 2.12. The average molecular weight is 290 g/mol. The monoisotopic (exact) mass is 289 g/mol. The molecule has 1 N–H and O–H groups in total. The summed E-state index contributed by atoms with van der Waals surface area (Å²) >= 11 is 7.37. The average Bonchev–Trinajstić information content (AvgIpc) is 2.35. The summed E-state index contributed by atoms with van der Waals surface area (Å²) in [5.74, 6) is 0.934. The van der Waals surface area contributed by atoms with E-state index in [1.807, 2.05) is 24.3 Å². The van der Waals surface area contributed by atoms with Gasteiger partial charge in [-0.05, 0) is 17.7 Å². The number of benzene rings is 1. The van der Waals surface area contributed by atoms with Crippen molar-refractivity contribution in [3.8, 4) is 0 Å². The number of halogens is 1. The van der Waals surface area contributed by atoms with Crippen LogP contribution in [-0.2, 0) is 20.1 Å². The van der Waals surface area contributed by atoms with Gasteiger partial charge < -0.3 is 4.74 Å². The topological polar surface area (TPSA) is 47.6 Å². The molecule has 1 aromatic rings. The molecular formula is C12H16ClNO3S. The van der Waals surface area contributed by atoms with Crippen LogP contribution in [-0.4, -0.2) is 32.0 Å². The fourth-order valence-corrected chi connectivity index (χ4v) is 2.15. The van der Waals surface area contributed by atoms with Gasteiger partial charge in [-0.2, -0.15) is 0 Å². The maximum atomic E-state index is 11.3. The second-order valence-corrected chi connectivity index (χ2v) is 4.91. The van der Waals surface area contributed by atoms with Gasteiger partial charge in [0.2, 0.25) is 0 Å². The fourth-order valence-electron chi connectivity index (χ4n) is 1.17. The maximum absolute atomic E-state index is 11.3. The Morgan fingerprint density at radius 1 is 1.44 bits per heavy atom. The first-order valence-corrected chi connectivity index (χ1v) is 6.97. The van der Waals surface area contributed by atoms with E-state index in [0.29, 0.717) is 24.0 Å². The van der Waals surface area contributed by atoms with Crippen LogP contribution in [0.1, 0.15) is 5.56 Å². The molecule has 0 aliphatic rings. The molecule has 0 atom stereocenters. The van der Waals surface area contributed by atoms with Gasteiger partial charge in [0.1, 0.15) is 0 Å². The molecule has 0 bridgehead atoms. The number of methoxy groups -OCH3 is 1. The van der Waals surface area contributed by atoms with Crippen LogP contribution in [0.25, 0.3) is 0 Å². The third kappa shape index (κ3) is 6.86. The highest BCUT2D eigenvalue weighted by Crippen LogP contribution is 2.16. The zero-order chi connectivity index (χ0) is 13.2. The number of carbonyl (C=O) groups excluding carboxylic acids is 1. The summed E-state index contributed by atoms with van der Waals surface area (Å²) in [5.41, 5.74) is 3.45. The Hall–Kier alpha value is -0.750. The minimum absolute atomic E-state index is 0.155. The highest BCUT2D eigenvalue weighted by molar-refractivity contribution is 7.99. The first kappa shape index (κ1) is 15.3. The third-order valence-electron chi connectivity index (χ3n) is 1.97. The van der Waals surface area contributed by atoms with Crippen LogP contribution in [0.3, 0.4) is 0 Å². The van der Waals surface area contributed by atoms with E-state index in [-0.39, 0.29) is 5.91 Å². The standard InChI is InChI=1S/C12H16ClNO3S/c1-16-5-6-17-14-12(15)9-18-8-10-3-2-4-11(13)7-10/h2-4,7H,5-6,8-9H2,1H3,(H,14,15). The second kappa shape index (κ2) is 9.22. The summed E-state index contributed by atoms with van der Waals surface area (Å²) in [7, 11) is 1.58. The van der Waals surface area contributed by atoms with Gasteiger partial charge in [-0.1, -0.05) is 23.7 Å². The molecule has 4 nitrogen and oxygen atoms in total. The van der Waals surface area contributed by atoms with Crippen LogP contribution < -0.4 is 5.48 Å². The van der Waals surface area contributed by atoms with Gasteiger partial charge in [-0.3, -0.25) is 9.63 Å². The van der Waals surface area contributed by atoms with E-state index < -0.39 is 0 Å². The van der Waals surface area contributed by atoms with Gasteiger partial charge in [0.25, 0.3) is 5.91 Å². The van der Waals surface area contributed by atoms with Gasteiger partial charge in [0.05, 0.1) is 19.0 Å². The largest absolute Gasteiger partial charge is 0.382 e. The minimum atomic E-state index is -0.155. The number of hydrogen-bond donors (Lipinski definition) is 1. The lowest BCUT2D eigenvalue weighted by Crippen LogP contribution is -2.27. The second-order valence-electron chi connectivity index (χ2n) is 3.49. The summed E-state index contributed by atoms with van der Waals surface area (Å²) in [6.07, 6.45) is 0. The molecule has 1 aromatic carbocycles. The van der Waals surface area contributed by atoms with Crippen LogP contribution in [0.15, 0.2) is 24.3 Å². The summed E-state index contributed by atoms with van der Waals surface area (Å²) in [6.45, 7) is 0.803. The third-order valence-corrected chi connectivity index (χ3v) is 3.21. The molecule has 0 heterocycles. The Bertz CT molecular complexity index is 376. The Morgan fingerprint density at radius 3 is 3.00 bits per heavy atom. The number of hydroxylamine groups is 1. The van der Waals surface area contributed by atoms with Crippen molar-refractivity contribution in [2.45, 2.75) is 5.75 Å². The predicted molar refractivity (Wildman–Crippen MR) is 73.6 cm³/mol. The summed E-state index contributed by atoms with van der Waals surface area (Å²) < 4.78 is 4.78. The number of hydrogen-bond acceptors (Lipinski definition) is 4. The van der Waals surface area contributed by atoms with Gasteiger partial charge in [0.15, 0.2) is 0 Å². The fraction of sp³-hybridized carbons (Fsp3) is 0.417. The van der Waals surface area contributed by atoms with E-state index in [2.05, 4.69) is 5.48 Å². The molecular weight excluding hydrogens is 274 g/mol. The molecule has 100 valence electrons. The van der Waals surface area contributed by atoms with Gasteiger partial charge in [-0.25, -0.2) is 5.48 Å². The van der Waals surface area contributed by atoms with Gasteiger partial charge in [0, 0.05) is 17.9 Å². The van der Waals surface area contributed by atoms with E-state index in [4.69, 9.17) is 21.2 Å². The number of carbonyl (C=O) groups is 1. The first-order chi connectivity index (χ1) is 8.72. The zero-order valence-corrected chi connectivity index (χ0v) is 11.7. The van der Waals surface area contributed by atoms with Crippen LogP contribution in [0.2, 0.25) is 5.02 Å². The van der Waals surface area contributed by atoms with Crippen molar-refractivity contribution < 1.29 is 14.4 Å². The maximum Gasteiger partial charge on any atom is 0.253 e.